The molecule has 0 N–H and O–H groups in total. The smallest absolute Gasteiger partial charge is 0.406 e. The first-order valence-electron chi connectivity index (χ1n) is 12.5. The van der Waals surface area contributed by atoms with Gasteiger partial charge in [-0.1, -0.05) is 48.5 Å². The molecule has 0 radical (unpaired) electrons. The van der Waals surface area contributed by atoms with Gasteiger partial charge in [0.2, 0.25) is 5.78 Å². The average molecular weight is 547 g/mol. The van der Waals surface area contributed by atoms with E-state index in [-0.39, 0.29) is 22.5 Å². The summed E-state index contributed by atoms with van der Waals surface area (Å²) in [5.41, 5.74) is 3.72. The largest absolute Gasteiger partial charge is 0.454 e. The molecule has 204 valence electrons. The van der Waals surface area contributed by atoms with E-state index in [0.717, 1.165) is 15.8 Å². The van der Waals surface area contributed by atoms with Gasteiger partial charge in [-0.25, -0.2) is 14.5 Å². The number of halogens is 3. The molecule has 0 atom stereocenters. The summed E-state index contributed by atoms with van der Waals surface area (Å²) in [7, 11) is 0. The van der Waals surface area contributed by atoms with E-state index < -0.39 is 31.1 Å². The topological polar surface area (TPSA) is 79.0 Å². The van der Waals surface area contributed by atoms with E-state index in [4.69, 9.17) is 9.72 Å². The van der Waals surface area contributed by atoms with Crippen molar-refractivity contribution in [1.29, 1.82) is 0 Å². The van der Waals surface area contributed by atoms with Crippen molar-refractivity contribution in [3.63, 3.8) is 0 Å². The zero-order valence-electron chi connectivity index (χ0n) is 22.0. The summed E-state index contributed by atoms with van der Waals surface area (Å²) in [6, 6.07) is 21.6. The molecule has 10 heteroatoms. The van der Waals surface area contributed by atoms with Gasteiger partial charge in [-0.15, -0.1) is 0 Å². The highest BCUT2D eigenvalue weighted by atomic mass is 19.4. The minimum atomic E-state index is -4.44. The molecule has 0 aliphatic heterocycles. The van der Waals surface area contributed by atoms with Crippen LogP contribution in [0.5, 0.6) is 0 Å². The summed E-state index contributed by atoms with van der Waals surface area (Å²) in [6.45, 7) is 2.84. The molecular weight excluding hydrogens is 521 g/mol. The van der Waals surface area contributed by atoms with Crippen molar-refractivity contribution < 1.29 is 27.5 Å². The van der Waals surface area contributed by atoms with Gasteiger partial charge in [-0.05, 0) is 45.0 Å². The molecule has 5 aromatic rings. The highest BCUT2D eigenvalue weighted by Gasteiger charge is 2.30. The van der Waals surface area contributed by atoms with E-state index in [1.165, 1.54) is 19.9 Å². The molecule has 0 saturated heterocycles. The predicted octanol–water partition coefficient (Wildman–Crippen LogP) is 6.42. The number of carbonyl (C=O) groups excluding carboxylic acids is 2. The molecule has 0 fully saturated rings. The second-order valence-electron chi connectivity index (χ2n) is 9.44. The number of esters is 1. The van der Waals surface area contributed by atoms with E-state index in [1.807, 2.05) is 60.7 Å². The normalized spacial score (nSPS) is 11.7. The molecule has 0 saturated carbocycles. The van der Waals surface area contributed by atoms with Crippen molar-refractivity contribution in [1.82, 2.24) is 19.3 Å². The van der Waals surface area contributed by atoms with E-state index in [2.05, 4.69) is 5.10 Å². The molecule has 0 unspecified atom stereocenters. The van der Waals surface area contributed by atoms with Crippen LogP contribution in [0.1, 0.15) is 37.8 Å². The number of pyridine rings is 1. The van der Waals surface area contributed by atoms with Gasteiger partial charge in [-0.2, -0.15) is 18.3 Å². The number of hydrogen-bond donors (Lipinski definition) is 0. The molecule has 0 aliphatic carbocycles. The van der Waals surface area contributed by atoms with Crippen LogP contribution in [0.4, 0.5) is 13.2 Å². The van der Waals surface area contributed by atoms with E-state index in [0.29, 0.717) is 22.4 Å². The fourth-order valence-electron chi connectivity index (χ4n) is 4.75. The number of aryl methyl sites for hydroxylation is 2. The van der Waals surface area contributed by atoms with Crippen LogP contribution in [0.3, 0.4) is 0 Å². The van der Waals surface area contributed by atoms with Crippen molar-refractivity contribution in [3.05, 3.63) is 101 Å². The summed E-state index contributed by atoms with van der Waals surface area (Å²) in [5, 5.41) is 5.09. The summed E-state index contributed by atoms with van der Waals surface area (Å²) in [5.74, 6) is -1.36. The predicted molar refractivity (Wildman–Crippen MR) is 144 cm³/mol. The lowest BCUT2D eigenvalue weighted by Crippen LogP contribution is -2.20. The van der Waals surface area contributed by atoms with Crippen LogP contribution in [0.25, 0.3) is 28.0 Å². The van der Waals surface area contributed by atoms with Crippen molar-refractivity contribution in [2.75, 3.05) is 6.61 Å². The molecule has 0 amide bonds. The van der Waals surface area contributed by atoms with Crippen LogP contribution in [-0.2, 0) is 11.3 Å². The molecule has 3 aromatic heterocycles. The maximum atomic E-state index is 13.4. The number of ether oxygens (including phenoxy) is 1. The number of benzene rings is 2. The molecule has 3 heterocycles. The van der Waals surface area contributed by atoms with Gasteiger partial charge < -0.3 is 9.30 Å². The number of Topliss-reactive ketones (excluding diaryl/α,β-unsaturated/α-hetero) is 1. The Balaban J connectivity index is 1.50. The Morgan fingerprint density at radius 3 is 2.20 bits per heavy atom. The summed E-state index contributed by atoms with van der Waals surface area (Å²) in [4.78, 5) is 31.2. The van der Waals surface area contributed by atoms with Gasteiger partial charge in [0, 0.05) is 22.5 Å². The first-order chi connectivity index (χ1) is 19.0. The molecular formula is C30H25F3N4O3. The number of carbonyl (C=O) groups is 2. The van der Waals surface area contributed by atoms with Crippen LogP contribution in [-0.4, -0.2) is 43.9 Å². The van der Waals surface area contributed by atoms with Gasteiger partial charge in [0.15, 0.2) is 12.3 Å². The van der Waals surface area contributed by atoms with E-state index in [1.54, 1.807) is 17.7 Å². The van der Waals surface area contributed by atoms with E-state index >= 15 is 0 Å². The summed E-state index contributed by atoms with van der Waals surface area (Å²) >= 11 is 0. The number of rotatable bonds is 7. The second-order valence-corrected chi connectivity index (χ2v) is 9.44. The van der Waals surface area contributed by atoms with Crippen LogP contribution in [0, 0.1) is 20.8 Å². The average Bonchev–Trinajstić information content (AvgIpc) is 3.42. The number of ketones is 1. The Labute approximate surface area is 227 Å². The Kier molecular flexibility index (Phi) is 7.01. The summed E-state index contributed by atoms with van der Waals surface area (Å²) in [6.07, 6.45) is -4.44. The van der Waals surface area contributed by atoms with Crippen LogP contribution in [0.15, 0.2) is 72.8 Å². The van der Waals surface area contributed by atoms with Crippen LogP contribution < -0.4 is 0 Å². The lowest BCUT2D eigenvalue weighted by Gasteiger charge is -2.12. The number of para-hydroxylation sites is 1. The lowest BCUT2D eigenvalue weighted by atomic mass is 10.1. The Hall–Kier alpha value is -4.73. The molecule has 0 aliphatic rings. The number of alkyl halides is 3. The fraction of sp³-hybridized carbons (Fsp3) is 0.200. The molecule has 0 spiro atoms. The van der Waals surface area contributed by atoms with Crippen molar-refractivity contribution >= 4 is 22.8 Å². The third kappa shape index (κ3) is 5.25. The monoisotopic (exact) mass is 546 g/mol. The SMILES string of the molecule is Cc1nn(-c2ccccc2)c2nc(-c3ccccc3)cc(C(=O)OCC(=O)c3cc(C)n(CC(F)(F)F)c3C)c12. The fourth-order valence-corrected chi connectivity index (χ4v) is 4.75. The molecule has 40 heavy (non-hydrogen) atoms. The zero-order valence-corrected chi connectivity index (χ0v) is 22.0. The third-order valence-electron chi connectivity index (χ3n) is 6.65. The first-order valence-corrected chi connectivity index (χ1v) is 12.5. The highest BCUT2D eigenvalue weighted by molar-refractivity contribution is 6.07. The molecule has 7 nitrogen and oxygen atoms in total. The van der Waals surface area contributed by atoms with Gasteiger partial charge in [-0.3, -0.25) is 4.79 Å². The van der Waals surface area contributed by atoms with Crippen molar-refractivity contribution in [2.24, 2.45) is 0 Å². The third-order valence-corrected chi connectivity index (χ3v) is 6.65. The number of aromatic nitrogens is 4. The highest BCUT2D eigenvalue weighted by Crippen LogP contribution is 2.30. The van der Waals surface area contributed by atoms with Gasteiger partial charge in [0.25, 0.3) is 0 Å². The maximum Gasteiger partial charge on any atom is 0.406 e. The lowest BCUT2D eigenvalue weighted by molar-refractivity contribution is -0.141. The van der Waals surface area contributed by atoms with Gasteiger partial charge >= 0.3 is 12.1 Å². The van der Waals surface area contributed by atoms with Crippen molar-refractivity contribution in [2.45, 2.75) is 33.5 Å². The summed E-state index contributed by atoms with van der Waals surface area (Å²) < 4.78 is 47.1. The quantitative estimate of drug-likeness (QED) is 0.174. The number of fused-ring (bicyclic) bond motifs is 1. The minimum absolute atomic E-state index is 0.0764. The number of hydrogen-bond acceptors (Lipinski definition) is 5. The zero-order chi connectivity index (χ0) is 28.6. The Morgan fingerprint density at radius 2 is 1.55 bits per heavy atom. The molecule has 0 bridgehead atoms. The van der Waals surface area contributed by atoms with Crippen molar-refractivity contribution in [3.8, 4) is 16.9 Å². The van der Waals surface area contributed by atoms with E-state index in [9.17, 15) is 22.8 Å². The van der Waals surface area contributed by atoms with Crippen LogP contribution >= 0.6 is 0 Å². The van der Waals surface area contributed by atoms with Crippen LogP contribution in [0.2, 0.25) is 0 Å². The second kappa shape index (κ2) is 10.4. The molecule has 2 aromatic carbocycles. The van der Waals surface area contributed by atoms with Gasteiger partial charge in [0.1, 0.15) is 6.54 Å². The first kappa shape index (κ1) is 26.9. The minimum Gasteiger partial charge on any atom is -0.454 e. The Bertz CT molecular complexity index is 1720. The van der Waals surface area contributed by atoms with Gasteiger partial charge in [0.05, 0.1) is 28.0 Å². The maximum absolute atomic E-state index is 13.4. The Morgan fingerprint density at radius 1 is 0.900 bits per heavy atom. The number of nitrogens with zero attached hydrogens (tertiary/aromatic N) is 4. The standard InChI is InChI=1S/C30H25F3N4O3/c1-18-14-23(20(3)36(18)17-30(31,32)33)26(38)16-40-29(39)24-15-25(21-10-6-4-7-11-21)34-28-27(24)19(2)35-37(28)22-12-8-5-9-13-22/h4-15H,16-17H2,1-3H3. The molecule has 5 rings (SSSR count).